The van der Waals surface area contributed by atoms with E-state index in [4.69, 9.17) is 4.99 Å². The minimum Gasteiger partial charge on any atom is -0.310 e. The van der Waals surface area contributed by atoms with Crippen LogP contribution in [-0.4, -0.2) is 5.71 Å². The highest BCUT2D eigenvalue weighted by Gasteiger charge is 2.36. The molecule has 0 amide bonds. The van der Waals surface area contributed by atoms with Gasteiger partial charge in [-0.15, -0.1) is 0 Å². The van der Waals surface area contributed by atoms with Crippen LogP contribution < -0.4 is 4.90 Å². The largest absolute Gasteiger partial charge is 0.310 e. The maximum Gasteiger partial charge on any atom is 0.0712 e. The molecule has 0 aromatic heterocycles. The van der Waals surface area contributed by atoms with Crippen molar-refractivity contribution in [3.8, 4) is 0 Å². The Morgan fingerprint density at radius 3 is 1.77 bits per heavy atom. The van der Waals surface area contributed by atoms with Crippen LogP contribution in [0.25, 0.3) is 11.3 Å². The Balaban J connectivity index is 1.30. The molecule has 2 aliphatic heterocycles. The van der Waals surface area contributed by atoms with E-state index in [9.17, 15) is 0 Å². The fourth-order valence-corrected chi connectivity index (χ4v) is 6.52. The molecule has 2 aliphatic rings. The van der Waals surface area contributed by atoms with Crippen LogP contribution >= 0.6 is 0 Å². The van der Waals surface area contributed by atoms with Gasteiger partial charge in [-0.3, -0.25) is 0 Å². The van der Waals surface area contributed by atoms with Gasteiger partial charge in [0.2, 0.25) is 0 Å². The number of allylic oxidation sites excluding steroid dienone is 3. The zero-order chi connectivity index (χ0) is 29.2. The van der Waals surface area contributed by atoms with Crippen LogP contribution in [0, 0.1) is 0 Å². The molecule has 43 heavy (non-hydrogen) atoms. The van der Waals surface area contributed by atoms with Gasteiger partial charge >= 0.3 is 0 Å². The van der Waals surface area contributed by atoms with Crippen LogP contribution in [0.2, 0.25) is 0 Å². The summed E-state index contributed by atoms with van der Waals surface area (Å²) in [5.74, 6) is 0. The number of benzene rings is 5. The molecule has 5 aromatic rings. The Kier molecular flexibility index (Phi) is 7.12. The Morgan fingerprint density at radius 2 is 1.14 bits per heavy atom. The fraction of sp³-hybridized carbons (Fsp3) is 0.146. The molecule has 2 heterocycles. The minimum atomic E-state index is -0.0639. The van der Waals surface area contributed by atoms with Crippen molar-refractivity contribution in [3.63, 3.8) is 0 Å². The molecule has 0 saturated carbocycles. The van der Waals surface area contributed by atoms with Crippen molar-refractivity contribution in [1.29, 1.82) is 0 Å². The number of anilines is 3. The van der Waals surface area contributed by atoms with E-state index in [0.29, 0.717) is 0 Å². The summed E-state index contributed by atoms with van der Waals surface area (Å²) >= 11 is 0. The van der Waals surface area contributed by atoms with E-state index < -0.39 is 0 Å². The van der Waals surface area contributed by atoms with E-state index in [0.717, 1.165) is 41.8 Å². The normalized spacial score (nSPS) is 19.6. The average Bonchev–Trinajstić information content (AvgIpc) is 3.17. The average molecular weight is 557 g/mol. The van der Waals surface area contributed by atoms with Gasteiger partial charge in [-0.05, 0) is 77.4 Å². The van der Waals surface area contributed by atoms with Gasteiger partial charge in [0.1, 0.15) is 0 Å². The van der Waals surface area contributed by atoms with E-state index in [-0.39, 0.29) is 5.41 Å². The molecule has 0 bridgehead atoms. The van der Waals surface area contributed by atoms with Gasteiger partial charge in [0.25, 0.3) is 0 Å². The Labute approximate surface area is 255 Å². The SMILES string of the molecule is CC1(C)c2ccccc2N(c2ccc(/C3=C/C(c4ccccc4)=N/C(c4ccccc4)=C\CCC3)cc2)c2ccccc21. The molecule has 0 aliphatic carbocycles. The topological polar surface area (TPSA) is 15.6 Å². The molecule has 0 unspecified atom stereocenters. The molecule has 2 heteroatoms. The summed E-state index contributed by atoms with van der Waals surface area (Å²) in [6, 6.07) is 47.9. The zero-order valence-corrected chi connectivity index (χ0v) is 24.9. The number of nitrogens with zero attached hydrogens (tertiary/aromatic N) is 2. The van der Waals surface area contributed by atoms with Crippen LogP contribution in [0.5, 0.6) is 0 Å². The van der Waals surface area contributed by atoms with Crippen LogP contribution in [-0.2, 0) is 5.41 Å². The highest BCUT2D eigenvalue weighted by molar-refractivity contribution is 6.14. The Hall–Kier alpha value is -4.95. The van der Waals surface area contributed by atoms with Gasteiger partial charge in [-0.2, -0.15) is 0 Å². The first-order valence-electron chi connectivity index (χ1n) is 15.3. The third-order valence-electron chi connectivity index (χ3n) is 8.81. The number of fused-ring (bicyclic) bond motifs is 2. The number of hydrogen-bond acceptors (Lipinski definition) is 2. The van der Waals surface area contributed by atoms with Crippen molar-refractivity contribution in [1.82, 2.24) is 0 Å². The van der Waals surface area contributed by atoms with Crippen molar-refractivity contribution in [2.75, 3.05) is 4.90 Å². The van der Waals surface area contributed by atoms with E-state index >= 15 is 0 Å². The molecular weight excluding hydrogens is 520 g/mol. The molecule has 0 saturated heterocycles. The second-order valence-corrected chi connectivity index (χ2v) is 11.9. The summed E-state index contributed by atoms with van der Waals surface area (Å²) < 4.78 is 0. The summed E-state index contributed by atoms with van der Waals surface area (Å²) in [6.45, 7) is 4.66. The van der Waals surface area contributed by atoms with Crippen LogP contribution in [0.4, 0.5) is 17.1 Å². The molecule has 210 valence electrons. The van der Waals surface area contributed by atoms with Crippen LogP contribution in [0.3, 0.4) is 0 Å². The summed E-state index contributed by atoms with van der Waals surface area (Å²) in [7, 11) is 0. The van der Waals surface area contributed by atoms with E-state index in [2.05, 4.69) is 164 Å². The van der Waals surface area contributed by atoms with Crippen LogP contribution in [0.1, 0.15) is 60.9 Å². The first kappa shape index (κ1) is 26.9. The number of aliphatic imine (C=N–C) groups is 1. The summed E-state index contributed by atoms with van der Waals surface area (Å²) in [5, 5.41) is 0. The quantitative estimate of drug-likeness (QED) is 0.215. The molecule has 0 atom stereocenters. The van der Waals surface area contributed by atoms with Gasteiger partial charge in [-0.25, -0.2) is 4.99 Å². The lowest BCUT2D eigenvalue weighted by Crippen LogP contribution is -2.30. The van der Waals surface area contributed by atoms with Gasteiger partial charge in [-0.1, -0.05) is 129 Å². The monoisotopic (exact) mass is 556 g/mol. The van der Waals surface area contributed by atoms with E-state index in [1.165, 1.54) is 39.3 Å². The molecule has 0 N–H and O–H groups in total. The smallest absolute Gasteiger partial charge is 0.0712 e. The zero-order valence-electron chi connectivity index (χ0n) is 24.9. The van der Waals surface area contributed by atoms with Crippen molar-refractivity contribution in [2.24, 2.45) is 4.99 Å². The fourth-order valence-electron chi connectivity index (χ4n) is 6.52. The van der Waals surface area contributed by atoms with Gasteiger partial charge in [0.05, 0.1) is 22.8 Å². The third kappa shape index (κ3) is 5.15. The molecule has 2 nitrogen and oxygen atoms in total. The third-order valence-corrected chi connectivity index (χ3v) is 8.81. The molecule has 0 spiro atoms. The van der Waals surface area contributed by atoms with E-state index in [1.54, 1.807) is 0 Å². The summed E-state index contributed by atoms with van der Waals surface area (Å²) in [4.78, 5) is 7.68. The van der Waals surface area contributed by atoms with Crippen molar-refractivity contribution >= 4 is 34.0 Å². The molecule has 0 radical (unpaired) electrons. The number of para-hydroxylation sites is 2. The van der Waals surface area contributed by atoms with Crippen molar-refractivity contribution in [3.05, 3.63) is 173 Å². The lowest BCUT2D eigenvalue weighted by Gasteiger charge is -2.42. The molecular formula is C41H36N2. The maximum atomic E-state index is 5.26. The summed E-state index contributed by atoms with van der Waals surface area (Å²) in [5.41, 5.74) is 13.2. The highest BCUT2D eigenvalue weighted by Crippen LogP contribution is 2.51. The lowest BCUT2D eigenvalue weighted by molar-refractivity contribution is 0.632. The van der Waals surface area contributed by atoms with Gasteiger partial charge in [0.15, 0.2) is 0 Å². The standard InChI is InChI=1S/C41H36N2/c1-41(2)35-20-10-13-23-39(35)43(40-24-14-11-21-36(40)41)34-27-25-30(26-28-34)33-19-9-12-22-37(31-15-5-3-6-16-31)42-38(29-33)32-17-7-4-8-18-32/h3-8,10-11,13-18,20-29H,9,12,19H2,1-2H3/b33-29+,37-22-,42-38-. The second-order valence-electron chi connectivity index (χ2n) is 11.9. The predicted octanol–water partition coefficient (Wildman–Crippen LogP) is 10.9. The van der Waals surface area contributed by atoms with E-state index in [1.807, 2.05) is 0 Å². The number of rotatable bonds is 4. The Morgan fingerprint density at radius 1 is 0.581 bits per heavy atom. The first-order valence-corrected chi connectivity index (χ1v) is 15.3. The van der Waals surface area contributed by atoms with Crippen molar-refractivity contribution in [2.45, 2.75) is 38.5 Å². The van der Waals surface area contributed by atoms with Crippen LogP contribution in [0.15, 0.2) is 151 Å². The van der Waals surface area contributed by atoms with Crippen molar-refractivity contribution < 1.29 is 0 Å². The molecule has 5 aromatic carbocycles. The molecule has 7 rings (SSSR count). The first-order chi connectivity index (χ1) is 21.1. The van der Waals surface area contributed by atoms with Gasteiger partial charge in [0, 0.05) is 16.7 Å². The lowest BCUT2D eigenvalue weighted by atomic mass is 9.73. The highest BCUT2D eigenvalue weighted by atomic mass is 15.2. The Bertz CT molecular complexity index is 1790. The maximum absolute atomic E-state index is 5.26. The minimum absolute atomic E-state index is 0.0639. The number of hydrogen-bond donors (Lipinski definition) is 0. The summed E-state index contributed by atoms with van der Waals surface area (Å²) in [6.07, 6.45) is 7.66. The van der Waals surface area contributed by atoms with Gasteiger partial charge < -0.3 is 4.90 Å². The molecule has 0 fully saturated rings. The second kappa shape index (κ2) is 11.4. The predicted molar refractivity (Wildman–Crippen MR) is 182 cm³/mol.